The third-order valence-corrected chi connectivity index (χ3v) is 8.65. The molecular formula is C23H31N7O3S. The minimum absolute atomic E-state index is 0.0927. The lowest BCUT2D eigenvalue weighted by molar-refractivity contribution is 0.102. The summed E-state index contributed by atoms with van der Waals surface area (Å²) >= 11 is 0. The highest BCUT2D eigenvalue weighted by Crippen LogP contribution is 2.36. The van der Waals surface area contributed by atoms with Crippen molar-refractivity contribution < 1.29 is 13.2 Å². The zero-order valence-corrected chi connectivity index (χ0v) is 20.8. The van der Waals surface area contributed by atoms with Gasteiger partial charge in [-0.3, -0.25) is 4.79 Å². The molecule has 182 valence electrons. The van der Waals surface area contributed by atoms with E-state index in [0.29, 0.717) is 35.9 Å². The number of anilines is 2. The maximum absolute atomic E-state index is 12.8. The number of nitriles is 1. The first kappa shape index (κ1) is 24.2. The van der Waals surface area contributed by atoms with Crippen molar-refractivity contribution in [2.24, 2.45) is 5.41 Å². The summed E-state index contributed by atoms with van der Waals surface area (Å²) in [4.78, 5) is 22.8. The molecule has 2 N–H and O–H groups in total. The van der Waals surface area contributed by atoms with E-state index in [-0.39, 0.29) is 17.2 Å². The number of H-pyrrole nitrogens is 1. The van der Waals surface area contributed by atoms with Crippen molar-refractivity contribution in [2.75, 3.05) is 50.5 Å². The van der Waals surface area contributed by atoms with Gasteiger partial charge in [-0.05, 0) is 36.5 Å². The third kappa shape index (κ3) is 4.80. The number of likely N-dealkylation sites (N-methyl/N-ethyl adjacent to an activating group) is 2. The highest BCUT2D eigenvalue weighted by atomic mass is 32.2. The number of aromatic amines is 1. The Labute approximate surface area is 200 Å². The van der Waals surface area contributed by atoms with Gasteiger partial charge < -0.3 is 15.2 Å². The van der Waals surface area contributed by atoms with E-state index in [1.165, 1.54) is 20.9 Å². The molecule has 4 rings (SSSR count). The molecule has 2 aromatic rings. The van der Waals surface area contributed by atoms with Crippen molar-refractivity contribution in [3.8, 4) is 6.07 Å². The molecule has 0 spiro atoms. The monoisotopic (exact) mass is 485 g/mol. The van der Waals surface area contributed by atoms with Crippen LogP contribution in [0.5, 0.6) is 0 Å². The minimum atomic E-state index is -3.43. The molecule has 2 aliphatic heterocycles. The Morgan fingerprint density at radius 2 is 1.85 bits per heavy atom. The Bertz CT molecular complexity index is 1200. The number of nitrogens with one attached hydrogen (secondary N) is 2. The van der Waals surface area contributed by atoms with Gasteiger partial charge >= 0.3 is 0 Å². The molecule has 0 aliphatic carbocycles. The average molecular weight is 486 g/mol. The summed E-state index contributed by atoms with van der Waals surface area (Å²) in [6.07, 6.45) is 3.50. The molecule has 0 bridgehead atoms. The summed E-state index contributed by atoms with van der Waals surface area (Å²) in [5, 5.41) is 12.0. The zero-order chi connectivity index (χ0) is 24.7. The Balaban J connectivity index is 1.64. The van der Waals surface area contributed by atoms with Crippen LogP contribution in [0.1, 0.15) is 54.4 Å². The summed E-state index contributed by atoms with van der Waals surface area (Å²) in [5.74, 6) is 0.245. The van der Waals surface area contributed by atoms with Gasteiger partial charge in [-0.1, -0.05) is 13.8 Å². The Kier molecular flexibility index (Phi) is 6.42. The fourth-order valence-corrected chi connectivity index (χ4v) is 5.64. The lowest BCUT2D eigenvalue weighted by atomic mass is 9.82. The summed E-state index contributed by atoms with van der Waals surface area (Å²) in [6.45, 7) is 6.82. The average Bonchev–Trinajstić information content (AvgIpc) is 3.27. The van der Waals surface area contributed by atoms with E-state index in [0.717, 1.165) is 31.6 Å². The molecule has 4 heterocycles. The predicted molar refractivity (Wildman–Crippen MR) is 130 cm³/mol. The van der Waals surface area contributed by atoms with E-state index in [2.05, 4.69) is 29.0 Å². The van der Waals surface area contributed by atoms with Gasteiger partial charge in [0.05, 0.1) is 11.3 Å². The van der Waals surface area contributed by atoms with Crippen LogP contribution < -0.4 is 10.2 Å². The minimum Gasteiger partial charge on any atom is -0.356 e. The molecule has 2 fully saturated rings. The topological polar surface area (TPSA) is 125 Å². The fourth-order valence-electron chi connectivity index (χ4n) is 4.42. The number of aromatic nitrogens is 2. The van der Waals surface area contributed by atoms with Gasteiger partial charge in [-0.15, -0.1) is 0 Å². The van der Waals surface area contributed by atoms with Crippen LogP contribution >= 0.6 is 0 Å². The van der Waals surface area contributed by atoms with Crippen molar-refractivity contribution in [3.63, 3.8) is 0 Å². The SMILES string of the molecule is CN1CC(c2ccc(NC(=O)c3cc(C#N)c[nH]3)c(N3CCC(C)(C)CC3)n2)CN(C)S1(=O)=O. The van der Waals surface area contributed by atoms with E-state index in [9.17, 15) is 13.2 Å². The van der Waals surface area contributed by atoms with Gasteiger partial charge in [0.15, 0.2) is 5.82 Å². The van der Waals surface area contributed by atoms with Crippen LogP contribution in [0, 0.1) is 16.7 Å². The van der Waals surface area contributed by atoms with Crippen LogP contribution in [0.3, 0.4) is 0 Å². The van der Waals surface area contributed by atoms with E-state index in [1.54, 1.807) is 14.1 Å². The maximum atomic E-state index is 12.8. The normalized spacial score (nSPS) is 21.2. The number of carbonyl (C=O) groups is 1. The summed E-state index contributed by atoms with van der Waals surface area (Å²) in [6, 6.07) is 7.21. The number of pyridine rings is 1. The quantitative estimate of drug-likeness (QED) is 0.685. The number of rotatable bonds is 4. The third-order valence-electron chi connectivity index (χ3n) is 6.78. The maximum Gasteiger partial charge on any atom is 0.281 e. The molecule has 10 nitrogen and oxygen atoms in total. The van der Waals surface area contributed by atoms with Gasteiger partial charge in [0.25, 0.3) is 16.1 Å². The number of carbonyl (C=O) groups excluding carboxylic acids is 1. The molecule has 0 atom stereocenters. The lowest BCUT2D eigenvalue weighted by Gasteiger charge is -2.39. The van der Waals surface area contributed by atoms with Crippen LogP contribution in [0.25, 0.3) is 0 Å². The van der Waals surface area contributed by atoms with Crippen LogP contribution in [-0.4, -0.2) is 73.2 Å². The van der Waals surface area contributed by atoms with Crippen LogP contribution in [0.2, 0.25) is 0 Å². The highest BCUT2D eigenvalue weighted by molar-refractivity contribution is 7.86. The lowest BCUT2D eigenvalue weighted by Crippen LogP contribution is -2.49. The van der Waals surface area contributed by atoms with Gasteiger partial charge in [0.2, 0.25) is 0 Å². The molecule has 2 saturated heterocycles. The summed E-state index contributed by atoms with van der Waals surface area (Å²) in [7, 11) is -0.284. The van der Waals surface area contributed by atoms with Crippen molar-refractivity contribution >= 4 is 27.6 Å². The molecule has 2 aliphatic rings. The smallest absolute Gasteiger partial charge is 0.281 e. The Morgan fingerprint density at radius 3 is 2.44 bits per heavy atom. The molecule has 0 aromatic carbocycles. The molecule has 0 saturated carbocycles. The Hall–Kier alpha value is -2.94. The molecule has 34 heavy (non-hydrogen) atoms. The standard InChI is InChI=1S/C23H31N7O3S/c1-23(2)7-9-30(10-8-23)21-19(27-22(31)20-11-16(12-24)13-25-20)6-5-18(26-21)17-14-28(3)34(32,33)29(4)15-17/h5-6,11,13,17,25H,7-10,14-15H2,1-4H3,(H,27,31). The van der Waals surface area contributed by atoms with E-state index >= 15 is 0 Å². The summed E-state index contributed by atoms with van der Waals surface area (Å²) in [5.41, 5.74) is 2.31. The van der Waals surface area contributed by atoms with Crippen LogP contribution in [0.15, 0.2) is 24.4 Å². The second-order valence-electron chi connectivity index (χ2n) is 9.89. The van der Waals surface area contributed by atoms with Gasteiger partial charge in [0, 0.05) is 58.1 Å². The molecule has 2 aromatic heterocycles. The molecule has 0 radical (unpaired) electrons. The van der Waals surface area contributed by atoms with Gasteiger partial charge in [-0.25, -0.2) is 4.98 Å². The van der Waals surface area contributed by atoms with Gasteiger partial charge in [0.1, 0.15) is 11.8 Å². The van der Waals surface area contributed by atoms with Gasteiger partial charge in [-0.2, -0.15) is 22.3 Å². The zero-order valence-electron chi connectivity index (χ0n) is 20.0. The number of amides is 1. The molecule has 11 heteroatoms. The molecule has 0 unspecified atom stereocenters. The number of hydrogen-bond acceptors (Lipinski definition) is 6. The first-order valence-corrected chi connectivity index (χ1v) is 12.7. The second kappa shape index (κ2) is 9.02. The molecular weight excluding hydrogens is 454 g/mol. The van der Waals surface area contributed by atoms with E-state index in [1.807, 2.05) is 18.2 Å². The first-order chi connectivity index (χ1) is 16.0. The van der Waals surface area contributed by atoms with Crippen molar-refractivity contribution in [1.82, 2.24) is 18.6 Å². The Morgan fingerprint density at radius 1 is 1.21 bits per heavy atom. The van der Waals surface area contributed by atoms with Crippen LogP contribution in [0.4, 0.5) is 11.5 Å². The fraction of sp³-hybridized carbons (Fsp3) is 0.522. The number of hydrogen-bond donors (Lipinski definition) is 2. The number of nitrogens with zero attached hydrogens (tertiary/aromatic N) is 5. The predicted octanol–water partition coefficient (Wildman–Crippen LogP) is 2.37. The molecule has 1 amide bonds. The van der Waals surface area contributed by atoms with Crippen molar-refractivity contribution in [2.45, 2.75) is 32.6 Å². The largest absolute Gasteiger partial charge is 0.356 e. The number of piperidine rings is 1. The van der Waals surface area contributed by atoms with E-state index < -0.39 is 10.2 Å². The highest BCUT2D eigenvalue weighted by Gasteiger charge is 2.35. The first-order valence-electron chi connectivity index (χ1n) is 11.3. The van der Waals surface area contributed by atoms with Crippen molar-refractivity contribution in [1.29, 1.82) is 5.26 Å². The van der Waals surface area contributed by atoms with Crippen LogP contribution in [-0.2, 0) is 10.2 Å². The van der Waals surface area contributed by atoms with E-state index in [4.69, 9.17) is 10.2 Å². The van der Waals surface area contributed by atoms with Crippen molar-refractivity contribution in [3.05, 3.63) is 41.3 Å². The summed E-state index contributed by atoms with van der Waals surface area (Å²) < 4.78 is 27.4. The second-order valence-corrected chi connectivity index (χ2v) is 12.0.